The van der Waals surface area contributed by atoms with E-state index in [-0.39, 0.29) is 11.3 Å². The molecule has 0 saturated heterocycles. The number of halogens is 2. The van der Waals surface area contributed by atoms with E-state index >= 15 is 0 Å². The van der Waals surface area contributed by atoms with Gasteiger partial charge in [-0.05, 0) is 29.8 Å². The van der Waals surface area contributed by atoms with Gasteiger partial charge in [0.25, 0.3) is 0 Å². The molecular weight excluding hydrogens is 331 g/mol. The summed E-state index contributed by atoms with van der Waals surface area (Å²) in [5, 5.41) is 9.82. The van der Waals surface area contributed by atoms with Gasteiger partial charge in [0.1, 0.15) is 0 Å². The van der Waals surface area contributed by atoms with Crippen LogP contribution in [0.1, 0.15) is 21.5 Å². The first-order valence-corrected chi connectivity index (χ1v) is 8.32. The van der Waals surface area contributed by atoms with E-state index in [0.717, 1.165) is 5.56 Å². The van der Waals surface area contributed by atoms with E-state index in [9.17, 15) is 9.00 Å². The quantitative estimate of drug-likeness (QED) is 0.888. The number of carboxylic acids is 1. The maximum absolute atomic E-state index is 12.2. The summed E-state index contributed by atoms with van der Waals surface area (Å²) in [6.07, 6.45) is 0. The summed E-state index contributed by atoms with van der Waals surface area (Å²) in [5.41, 5.74) is 1.68. The van der Waals surface area contributed by atoms with Gasteiger partial charge in [-0.25, -0.2) is 4.79 Å². The summed E-state index contributed by atoms with van der Waals surface area (Å²) in [4.78, 5) is 10.8. The van der Waals surface area contributed by atoms with E-state index in [0.29, 0.717) is 21.4 Å². The molecular formula is C15H12Cl2O3S. The van der Waals surface area contributed by atoms with E-state index in [1.165, 1.54) is 12.1 Å². The molecule has 3 nitrogen and oxygen atoms in total. The van der Waals surface area contributed by atoms with Crippen molar-refractivity contribution in [1.82, 2.24) is 0 Å². The zero-order valence-corrected chi connectivity index (χ0v) is 13.2. The number of hydrogen-bond acceptors (Lipinski definition) is 2. The van der Waals surface area contributed by atoms with Gasteiger partial charge in [0.05, 0.1) is 11.3 Å². The number of benzene rings is 2. The lowest BCUT2D eigenvalue weighted by atomic mass is 10.1. The lowest BCUT2D eigenvalue weighted by Crippen LogP contribution is -2.02. The molecule has 0 radical (unpaired) electrons. The molecule has 0 heterocycles. The minimum Gasteiger partial charge on any atom is -0.478 e. The smallest absolute Gasteiger partial charge is 0.335 e. The zero-order valence-electron chi connectivity index (χ0n) is 10.9. The van der Waals surface area contributed by atoms with Crippen LogP contribution < -0.4 is 0 Å². The molecule has 2 aromatic carbocycles. The summed E-state index contributed by atoms with van der Waals surface area (Å²) >= 11 is 12.1. The van der Waals surface area contributed by atoms with Crippen molar-refractivity contribution in [2.24, 2.45) is 0 Å². The van der Waals surface area contributed by atoms with Gasteiger partial charge in [-0.15, -0.1) is 0 Å². The largest absolute Gasteiger partial charge is 0.478 e. The van der Waals surface area contributed by atoms with Crippen LogP contribution in [0, 0.1) is 0 Å². The van der Waals surface area contributed by atoms with Gasteiger partial charge in [0.15, 0.2) is 0 Å². The van der Waals surface area contributed by atoms with Gasteiger partial charge in [0.2, 0.25) is 0 Å². The highest BCUT2D eigenvalue weighted by molar-refractivity contribution is 7.83. The number of rotatable bonds is 5. The Hall–Kier alpha value is -1.36. The first-order chi connectivity index (χ1) is 9.97. The molecule has 0 aliphatic heterocycles. The van der Waals surface area contributed by atoms with Gasteiger partial charge >= 0.3 is 5.97 Å². The third-order valence-electron chi connectivity index (χ3n) is 2.90. The van der Waals surface area contributed by atoms with Crippen LogP contribution in [0.3, 0.4) is 0 Å². The standard InChI is InChI=1S/C15H12Cl2O3S/c16-13-2-1-3-14(17)12(13)9-21(20)8-10-4-6-11(7-5-10)15(18)19/h1-7H,8-9H2,(H,18,19). The molecule has 0 aliphatic rings. The average Bonchev–Trinajstić information content (AvgIpc) is 2.43. The molecule has 110 valence electrons. The van der Waals surface area contributed by atoms with E-state index in [1.54, 1.807) is 30.3 Å². The molecule has 2 aromatic rings. The van der Waals surface area contributed by atoms with Gasteiger partial charge in [-0.1, -0.05) is 41.4 Å². The van der Waals surface area contributed by atoms with Crippen molar-refractivity contribution in [1.29, 1.82) is 0 Å². The van der Waals surface area contributed by atoms with E-state index in [4.69, 9.17) is 28.3 Å². The molecule has 1 unspecified atom stereocenters. The van der Waals surface area contributed by atoms with Crippen LogP contribution in [-0.2, 0) is 22.3 Å². The summed E-state index contributed by atoms with van der Waals surface area (Å²) in [5.74, 6) is -0.397. The Bertz CT molecular complexity index is 664. The van der Waals surface area contributed by atoms with Crippen LogP contribution in [-0.4, -0.2) is 15.3 Å². The monoisotopic (exact) mass is 342 g/mol. The van der Waals surface area contributed by atoms with Crippen molar-refractivity contribution in [2.45, 2.75) is 11.5 Å². The molecule has 1 N–H and O–H groups in total. The SMILES string of the molecule is O=C(O)c1ccc(CS(=O)Cc2c(Cl)cccc2Cl)cc1. The third kappa shape index (κ3) is 4.30. The Balaban J connectivity index is 2.06. The fraction of sp³-hybridized carbons (Fsp3) is 0.133. The number of carboxylic acid groups (broad SMARTS) is 1. The first-order valence-electron chi connectivity index (χ1n) is 6.07. The van der Waals surface area contributed by atoms with Gasteiger partial charge in [-0.2, -0.15) is 0 Å². The predicted octanol–water partition coefficient (Wildman–Crippen LogP) is 4.14. The van der Waals surface area contributed by atoms with Gasteiger partial charge < -0.3 is 5.11 Å². The minimum absolute atomic E-state index is 0.207. The molecule has 6 heteroatoms. The normalized spacial score (nSPS) is 12.1. The van der Waals surface area contributed by atoms with Crippen LogP contribution in [0.15, 0.2) is 42.5 Å². The molecule has 0 aromatic heterocycles. The highest BCUT2D eigenvalue weighted by atomic mass is 35.5. The molecule has 0 saturated carbocycles. The van der Waals surface area contributed by atoms with Crippen LogP contribution in [0.4, 0.5) is 0 Å². The Morgan fingerprint density at radius 1 is 1.00 bits per heavy atom. The second-order valence-electron chi connectivity index (χ2n) is 4.43. The van der Waals surface area contributed by atoms with E-state index in [1.807, 2.05) is 0 Å². The van der Waals surface area contributed by atoms with E-state index < -0.39 is 16.8 Å². The molecule has 2 rings (SSSR count). The highest BCUT2D eigenvalue weighted by Gasteiger charge is 2.11. The zero-order chi connectivity index (χ0) is 15.4. The average molecular weight is 343 g/mol. The Kier molecular flexibility index (Phi) is 5.39. The second-order valence-corrected chi connectivity index (χ2v) is 6.70. The molecule has 0 aliphatic carbocycles. The Labute approximate surface area is 135 Å². The highest BCUT2D eigenvalue weighted by Crippen LogP contribution is 2.26. The maximum atomic E-state index is 12.2. The molecule has 1 atom stereocenters. The fourth-order valence-corrected chi connectivity index (χ4v) is 3.80. The second kappa shape index (κ2) is 7.07. The number of carbonyl (C=O) groups is 1. The molecule has 0 amide bonds. The van der Waals surface area contributed by atoms with Gasteiger partial charge in [0, 0.05) is 32.2 Å². The summed E-state index contributed by atoms with van der Waals surface area (Å²) < 4.78 is 12.2. The molecule has 0 bridgehead atoms. The maximum Gasteiger partial charge on any atom is 0.335 e. The molecule has 0 spiro atoms. The van der Waals surface area contributed by atoms with Crippen molar-refractivity contribution >= 4 is 40.0 Å². The van der Waals surface area contributed by atoms with Crippen molar-refractivity contribution in [3.8, 4) is 0 Å². The van der Waals surface area contributed by atoms with E-state index in [2.05, 4.69) is 0 Å². The van der Waals surface area contributed by atoms with Crippen molar-refractivity contribution in [2.75, 3.05) is 0 Å². The third-order valence-corrected chi connectivity index (χ3v) is 4.87. The molecule has 0 fully saturated rings. The summed E-state index contributed by atoms with van der Waals surface area (Å²) in [7, 11) is -1.18. The lowest BCUT2D eigenvalue weighted by molar-refractivity contribution is 0.0697. The number of aromatic carboxylic acids is 1. The Morgan fingerprint density at radius 2 is 1.57 bits per heavy atom. The first kappa shape index (κ1) is 16.0. The van der Waals surface area contributed by atoms with Crippen LogP contribution in [0.5, 0.6) is 0 Å². The topological polar surface area (TPSA) is 54.4 Å². The van der Waals surface area contributed by atoms with Crippen LogP contribution in [0.2, 0.25) is 10.0 Å². The predicted molar refractivity (Wildman–Crippen MR) is 85.4 cm³/mol. The fourth-order valence-electron chi connectivity index (χ4n) is 1.81. The van der Waals surface area contributed by atoms with Crippen LogP contribution in [0.25, 0.3) is 0 Å². The molecule has 21 heavy (non-hydrogen) atoms. The minimum atomic E-state index is -1.18. The summed E-state index contributed by atoms with van der Waals surface area (Å²) in [6, 6.07) is 11.5. The Morgan fingerprint density at radius 3 is 2.10 bits per heavy atom. The van der Waals surface area contributed by atoms with Gasteiger partial charge in [-0.3, -0.25) is 4.21 Å². The lowest BCUT2D eigenvalue weighted by Gasteiger charge is -2.07. The van der Waals surface area contributed by atoms with Crippen molar-refractivity contribution < 1.29 is 14.1 Å². The van der Waals surface area contributed by atoms with Crippen molar-refractivity contribution in [3.63, 3.8) is 0 Å². The summed E-state index contributed by atoms with van der Waals surface area (Å²) in [6.45, 7) is 0. The number of hydrogen-bond donors (Lipinski definition) is 1. The van der Waals surface area contributed by atoms with Crippen LogP contribution >= 0.6 is 23.2 Å². The van der Waals surface area contributed by atoms with Crippen molar-refractivity contribution in [3.05, 3.63) is 69.2 Å².